The molecule has 12 heteroatoms. The molecule has 13 heavy (non-hydrogen) atoms. The van der Waals surface area contributed by atoms with Crippen LogP contribution in [0.25, 0.3) is 0 Å². The lowest BCUT2D eigenvalue weighted by molar-refractivity contribution is 0.0520. The van der Waals surface area contributed by atoms with Crippen LogP contribution in [0.4, 0.5) is 0 Å². The standard InChI is InChI=1S/CH3ClN2O7P2/c2-4(1-3)10-13(8,9)11-12(5,6)7/h(H,8,9)(H2,5,6,7). The van der Waals surface area contributed by atoms with Crippen molar-refractivity contribution in [3.8, 4) is 6.19 Å². The van der Waals surface area contributed by atoms with Crippen LogP contribution in [0, 0.1) is 11.5 Å². The van der Waals surface area contributed by atoms with Crippen LogP contribution in [0.2, 0.25) is 0 Å². The Labute approximate surface area is 77.0 Å². The number of hydrogen-bond acceptors (Lipinski definition) is 6. The van der Waals surface area contributed by atoms with E-state index >= 15 is 0 Å². The lowest BCUT2D eigenvalue weighted by Crippen LogP contribution is -2.04. The highest BCUT2D eigenvalue weighted by atomic mass is 35.5. The van der Waals surface area contributed by atoms with E-state index in [-0.39, 0.29) is 4.58 Å². The molecule has 0 spiro atoms. The zero-order valence-electron chi connectivity index (χ0n) is 5.64. The summed E-state index contributed by atoms with van der Waals surface area (Å²) in [4.78, 5) is 24.6. The Hall–Kier alpha value is -0.160. The molecule has 0 aliphatic rings. The smallest absolute Gasteiger partial charge is 0.302 e. The van der Waals surface area contributed by atoms with Gasteiger partial charge in [-0.05, 0) is 0 Å². The highest BCUT2D eigenvalue weighted by molar-refractivity contribution is 7.60. The molecule has 3 N–H and O–H groups in total. The van der Waals surface area contributed by atoms with E-state index in [1.807, 2.05) is 0 Å². The summed E-state index contributed by atoms with van der Waals surface area (Å²) in [5.41, 5.74) is 0. The topological polar surface area (TPSA) is 140 Å². The molecule has 0 aromatic heterocycles. The molecule has 1 unspecified atom stereocenters. The van der Waals surface area contributed by atoms with Gasteiger partial charge in [0.25, 0.3) is 0 Å². The third-order valence-corrected chi connectivity index (χ3v) is 2.75. The first-order valence-electron chi connectivity index (χ1n) is 2.31. The van der Waals surface area contributed by atoms with Gasteiger partial charge in [0, 0.05) is 0 Å². The van der Waals surface area contributed by atoms with Gasteiger partial charge in [-0.2, -0.15) is 9.57 Å². The maximum absolute atomic E-state index is 10.5. The van der Waals surface area contributed by atoms with Crippen LogP contribution >= 0.6 is 27.4 Å². The molecule has 0 radical (unpaired) electrons. The Morgan fingerprint density at radius 1 is 1.38 bits per heavy atom. The highest BCUT2D eigenvalue weighted by Crippen LogP contribution is 2.58. The summed E-state index contributed by atoms with van der Waals surface area (Å²) in [5.74, 6) is 0. The third-order valence-electron chi connectivity index (χ3n) is 0.463. The van der Waals surface area contributed by atoms with Gasteiger partial charge in [0.1, 0.15) is 0 Å². The summed E-state index contributed by atoms with van der Waals surface area (Å²) in [6.07, 6.45) is 1.02. The first-order valence-corrected chi connectivity index (χ1v) is 5.68. The lowest BCUT2D eigenvalue weighted by Gasteiger charge is -2.12. The summed E-state index contributed by atoms with van der Waals surface area (Å²) in [6.45, 7) is 0. The first kappa shape index (κ1) is 12.8. The average Bonchev–Trinajstić information content (AvgIpc) is 1.80. The van der Waals surface area contributed by atoms with Gasteiger partial charge in [-0.3, -0.25) is 0 Å². The molecular formula is CH3ClN2O7P2. The SMILES string of the molecule is N#CN(Cl)OP(=O)(O)OP(=O)(O)O. The monoisotopic (exact) mass is 252 g/mol. The Morgan fingerprint density at radius 2 is 1.85 bits per heavy atom. The molecule has 0 rings (SSSR count). The highest BCUT2D eigenvalue weighted by Gasteiger charge is 2.34. The van der Waals surface area contributed by atoms with Gasteiger partial charge in [-0.25, -0.2) is 9.13 Å². The van der Waals surface area contributed by atoms with Gasteiger partial charge in [-0.15, -0.1) is 4.62 Å². The van der Waals surface area contributed by atoms with Crippen molar-refractivity contribution in [2.75, 3.05) is 0 Å². The number of halogens is 1. The van der Waals surface area contributed by atoms with E-state index in [2.05, 4.69) is 8.94 Å². The van der Waals surface area contributed by atoms with Crippen molar-refractivity contribution in [2.24, 2.45) is 0 Å². The van der Waals surface area contributed by atoms with Gasteiger partial charge in [-0.1, -0.05) is 4.58 Å². The van der Waals surface area contributed by atoms with E-state index in [4.69, 9.17) is 31.7 Å². The van der Waals surface area contributed by atoms with Crippen LogP contribution in [0.1, 0.15) is 0 Å². The predicted molar refractivity (Wildman–Crippen MR) is 37.3 cm³/mol. The normalized spacial score (nSPS) is 15.9. The van der Waals surface area contributed by atoms with Crippen LogP contribution < -0.4 is 0 Å². The zero-order chi connectivity index (χ0) is 10.7. The quantitative estimate of drug-likeness (QED) is 0.208. The van der Waals surface area contributed by atoms with E-state index in [1.54, 1.807) is 0 Å². The third kappa shape index (κ3) is 6.95. The van der Waals surface area contributed by atoms with E-state index < -0.39 is 15.6 Å². The fourth-order valence-corrected chi connectivity index (χ4v) is 1.90. The average molecular weight is 252 g/mol. The van der Waals surface area contributed by atoms with Gasteiger partial charge in [0.05, 0.1) is 11.8 Å². The summed E-state index contributed by atoms with van der Waals surface area (Å²) in [7, 11) is -10.3. The Bertz CT molecular complexity index is 304. The molecule has 9 nitrogen and oxygen atoms in total. The minimum Gasteiger partial charge on any atom is -0.302 e. The van der Waals surface area contributed by atoms with E-state index in [9.17, 15) is 9.13 Å². The summed E-state index contributed by atoms with van der Waals surface area (Å²) < 4.78 is 27.1. The van der Waals surface area contributed by atoms with Crippen molar-refractivity contribution in [3.63, 3.8) is 0 Å². The van der Waals surface area contributed by atoms with Gasteiger partial charge < -0.3 is 14.7 Å². The molecule has 0 aliphatic carbocycles. The van der Waals surface area contributed by atoms with Crippen molar-refractivity contribution in [3.05, 3.63) is 0 Å². The molecule has 0 saturated heterocycles. The van der Waals surface area contributed by atoms with E-state index in [1.165, 1.54) is 0 Å². The number of phosphoric acid groups is 2. The largest absolute Gasteiger partial charge is 0.504 e. The van der Waals surface area contributed by atoms with Crippen molar-refractivity contribution >= 4 is 27.4 Å². The number of hydrogen-bond donors (Lipinski definition) is 3. The van der Waals surface area contributed by atoms with Crippen LogP contribution in [-0.4, -0.2) is 19.3 Å². The second kappa shape index (κ2) is 4.37. The lowest BCUT2D eigenvalue weighted by atomic mass is 11.4. The van der Waals surface area contributed by atoms with Crippen molar-refractivity contribution < 1.29 is 32.7 Å². The van der Waals surface area contributed by atoms with Crippen molar-refractivity contribution in [2.45, 2.75) is 0 Å². The van der Waals surface area contributed by atoms with Gasteiger partial charge in [0.2, 0.25) is 6.19 Å². The summed E-state index contributed by atoms with van der Waals surface area (Å²) in [6, 6.07) is 0. The van der Waals surface area contributed by atoms with Crippen LogP contribution in [-0.2, 0) is 18.1 Å². The van der Waals surface area contributed by atoms with Crippen LogP contribution in [0.3, 0.4) is 0 Å². The molecule has 0 fully saturated rings. The molecule has 1 atom stereocenters. The minimum absolute atomic E-state index is 0.309. The van der Waals surface area contributed by atoms with E-state index in [0.29, 0.717) is 0 Å². The summed E-state index contributed by atoms with van der Waals surface area (Å²) in [5, 5.41) is 7.93. The molecule has 0 aromatic carbocycles. The Kier molecular flexibility index (Phi) is 4.32. The van der Waals surface area contributed by atoms with Gasteiger partial charge in [0.15, 0.2) is 0 Å². The molecule has 0 aromatic rings. The van der Waals surface area contributed by atoms with Crippen LogP contribution in [0.15, 0.2) is 0 Å². The molecule has 0 saturated carbocycles. The predicted octanol–water partition coefficient (Wildman–Crippen LogP) is 0.0646. The molecule has 76 valence electrons. The summed E-state index contributed by atoms with van der Waals surface area (Å²) >= 11 is 4.76. The second-order valence-electron chi connectivity index (χ2n) is 1.47. The number of nitrogens with zero attached hydrogens (tertiary/aromatic N) is 2. The van der Waals surface area contributed by atoms with E-state index in [0.717, 1.165) is 6.19 Å². The molecular weight excluding hydrogens is 249 g/mol. The van der Waals surface area contributed by atoms with Crippen molar-refractivity contribution in [1.82, 2.24) is 4.58 Å². The zero-order valence-corrected chi connectivity index (χ0v) is 8.19. The Morgan fingerprint density at radius 3 is 2.15 bits per heavy atom. The minimum atomic E-state index is -5.19. The maximum atomic E-state index is 10.5. The maximum Gasteiger partial charge on any atom is 0.504 e. The first-order chi connectivity index (χ1) is 5.66. The number of hydroxylamine groups is 1. The number of nitriles is 1. The Balaban J connectivity index is 4.36. The fourth-order valence-electron chi connectivity index (χ4n) is 0.258. The van der Waals surface area contributed by atoms with Gasteiger partial charge >= 0.3 is 15.6 Å². The number of rotatable bonds is 4. The molecule has 0 heterocycles. The molecule has 0 bridgehead atoms. The molecule has 0 amide bonds. The second-order valence-corrected chi connectivity index (χ2v) is 4.51. The van der Waals surface area contributed by atoms with Crippen molar-refractivity contribution in [1.29, 1.82) is 5.26 Å². The fraction of sp³-hybridized carbons (Fsp3) is 0. The molecule has 0 aliphatic heterocycles. The van der Waals surface area contributed by atoms with Crippen LogP contribution in [0.5, 0.6) is 0 Å².